The number of aliphatic hydroxyl groups is 1. The van der Waals surface area contributed by atoms with Crippen molar-refractivity contribution in [3.8, 4) is 11.5 Å². The number of primary amides is 1. The fraction of sp³-hybridized carbons (Fsp3) is 0.607. The summed E-state index contributed by atoms with van der Waals surface area (Å²) in [6.45, 7) is 2.53. The first-order chi connectivity index (χ1) is 18.3. The summed E-state index contributed by atoms with van der Waals surface area (Å²) in [7, 11) is 4.59. The third kappa shape index (κ3) is 3.85. The van der Waals surface area contributed by atoms with Gasteiger partial charge in [-0.25, -0.2) is 0 Å². The van der Waals surface area contributed by atoms with E-state index < -0.39 is 64.4 Å². The van der Waals surface area contributed by atoms with Crippen LogP contribution in [0.5, 0.6) is 11.5 Å². The third-order valence-corrected chi connectivity index (χ3v) is 9.46. The first-order valence-corrected chi connectivity index (χ1v) is 13.3. The van der Waals surface area contributed by atoms with E-state index in [4.69, 9.17) is 10.5 Å². The molecule has 4 aliphatic carbocycles. The van der Waals surface area contributed by atoms with Crippen LogP contribution in [0, 0.1) is 23.7 Å². The lowest BCUT2D eigenvalue weighted by atomic mass is 9.52. The molecule has 1 aromatic carbocycles. The number of hydrogen-bond donors (Lipinski definition) is 4. The topological polar surface area (TPSA) is 176 Å². The number of ether oxygens (including phenoxy) is 1. The summed E-state index contributed by atoms with van der Waals surface area (Å²) in [6, 6.07) is 0.311. The molecule has 5 rings (SSSR count). The van der Waals surface area contributed by atoms with Crippen molar-refractivity contribution in [2.75, 3.05) is 21.2 Å². The molecule has 39 heavy (non-hydrogen) atoms. The largest absolute Gasteiger partial charge is 0.507 e. The minimum atomic E-state index is -2.74. The summed E-state index contributed by atoms with van der Waals surface area (Å²) in [6.07, 6.45) is 3.35. The van der Waals surface area contributed by atoms with Gasteiger partial charge >= 0.3 is 0 Å². The van der Waals surface area contributed by atoms with Crippen LogP contribution in [0.4, 0.5) is 0 Å². The van der Waals surface area contributed by atoms with Gasteiger partial charge in [-0.2, -0.15) is 0 Å². The average molecular weight is 542 g/mol. The summed E-state index contributed by atoms with van der Waals surface area (Å²) < 4.78 is 5.73. The van der Waals surface area contributed by atoms with Gasteiger partial charge in [-0.3, -0.25) is 28.9 Å². The minimum Gasteiger partial charge on any atom is -0.507 e. The highest BCUT2D eigenvalue weighted by atomic mass is 16.5. The molecule has 0 heterocycles. The number of carbonyl (C=O) groups excluding carboxylic acids is 5. The van der Waals surface area contributed by atoms with Crippen molar-refractivity contribution in [3.05, 3.63) is 22.8 Å². The van der Waals surface area contributed by atoms with Crippen molar-refractivity contribution >= 4 is 29.0 Å². The number of carbonyl (C=O) groups is 5. The molecule has 0 saturated heterocycles. The zero-order valence-electron chi connectivity index (χ0n) is 22.6. The van der Waals surface area contributed by atoms with Gasteiger partial charge in [0.05, 0.1) is 24.6 Å². The minimum absolute atomic E-state index is 0.00560. The molecule has 0 aliphatic heterocycles. The molecule has 6 atom stereocenters. The maximum Gasteiger partial charge on any atom is 0.235 e. The second-order valence-corrected chi connectivity index (χ2v) is 12.0. The maximum atomic E-state index is 13.9. The van der Waals surface area contributed by atoms with E-state index in [1.807, 2.05) is 0 Å². The molecule has 4 aliphatic rings. The molecule has 0 bridgehead atoms. The molecule has 11 heteroatoms. The molecule has 210 valence electrons. The second kappa shape index (κ2) is 9.21. The van der Waals surface area contributed by atoms with E-state index >= 15 is 0 Å². The summed E-state index contributed by atoms with van der Waals surface area (Å²) >= 11 is 0. The number of nitrogens with one attached hydrogen (secondary N) is 1. The maximum absolute atomic E-state index is 13.9. The average Bonchev–Trinajstić information content (AvgIpc) is 2.83. The predicted molar refractivity (Wildman–Crippen MR) is 137 cm³/mol. The van der Waals surface area contributed by atoms with Crippen molar-refractivity contribution < 1.29 is 38.9 Å². The Balaban J connectivity index is 1.58. The Labute approximate surface area is 226 Å². The van der Waals surface area contributed by atoms with Crippen LogP contribution in [0.15, 0.2) is 6.07 Å². The monoisotopic (exact) mass is 541 g/mol. The highest BCUT2D eigenvalue weighted by molar-refractivity contribution is 6.32. The second-order valence-electron chi connectivity index (χ2n) is 12.0. The van der Waals surface area contributed by atoms with Crippen molar-refractivity contribution in [1.82, 2.24) is 10.2 Å². The molecule has 11 nitrogen and oxygen atoms in total. The summed E-state index contributed by atoms with van der Waals surface area (Å²) in [4.78, 5) is 67.8. The highest BCUT2D eigenvalue weighted by Crippen LogP contribution is 2.52. The molecular weight excluding hydrogens is 506 g/mol. The van der Waals surface area contributed by atoms with E-state index in [1.165, 1.54) is 18.1 Å². The lowest BCUT2D eigenvalue weighted by Crippen LogP contribution is -2.74. The molecule has 0 aromatic heterocycles. The van der Waals surface area contributed by atoms with Crippen LogP contribution in [0.1, 0.15) is 54.1 Å². The third-order valence-electron chi connectivity index (χ3n) is 9.46. The van der Waals surface area contributed by atoms with Crippen molar-refractivity contribution in [2.45, 2.75) is 62.8 Å². The number of methoxy groups -OCH3 is 1. The van der Waals surface area contributed by atoms with E-state index in [9.17, 15) is 34.2 Å². The molecule has 0 spiro atoms. The Morgan fingerprint density at radius 2 is 1.87 bits per heavy atom. The fourth-order valence-corrected chi connectivity index (χ4v) is 7.29. The molecule has 1 amide bonds. The number of likely N-dealkylation sites (N-methyl/N-ethyl adjacent to an activating group) is 1. The zero-order valence-corrected chi connectivity index (χ0v) is 22.6. The molecule has 1 aromatic rings. The van der Waals surface area contributed by atoms with Gasteiger partial charge in [0, 0.05) is 29.1 Å². The number of nitrogens with two attached hydrogens (primary N) is 1. The lowest BCUT2D eigenvalue weighted by molar-refractivity contribution is -0.181. The van der Waals surface area contributed by atoms with Crippen LogP contribution in [-0.2, 0) is 32.1 Å². The first kappa shape index (κ1) is 27.4. The Kier molecular flexibility index (Phi) is 6.47. The van der Waals surface area contributed by atoms with Crippen molar-refractivity contribution in [3.63, 3.8) is 0 Å². The van der Waals surface area contributed by atoms with E-state index in [2.05, 4.69) is 12.2 Å². The van der Waals surface area contributed by atoms with E-state index in [-0.39, 0.29) is 29.7 Å². The van der Waals surface area contributed by atoms with Gasteiger partial charge in [-0.1, -0.05) is 0 Å². The summed E-state index contributed by atoms with van der Waals surface area (Å²) in [5, 5.41) is 26.1. The van der Waals surface area contributed by atoms with E-state index in [1.54, 1.807) is 14.1 Å². The number of phenolic OH excluding ortho intramolecular Hbond substituents is 1. The number of ketones is 4. The number of aromatic hydroxyl groups is 1. The van der Waals surface area contributed by atoms with Gasteiger partial charge in [0.2, 0.25) is 5.91 Å². The molecular formula is C28H35N3O8. The van der Waals surface area contributed by atoms with Crippen molar-refractivity contribution in [2.24, 2.45) is 29.4 Å². The Bertz CT molecular complexity index is 1300. The number of Topliss-reactive ketones (excluding diaryl/α,β-unsaturated/α-hetero) is 4. The molecule has 0 radical (unpaired) electrons. The summed E-state index contributed by atoms with van der Waals surface area (Å²) in [5.74, 6) is -10.2. The van der Waals surface area contributed by atoms with Crippen LogP contribution in [0.3, 0.4) is 0 Å². The number of phenols is 1. The Morgan fingerprint density at radius 3 is 2.41 bits per heavy atom. The standard InChI is InChI=1S/C28H35N3O8/c1-27(6-5-7-27)30-11-13-10-16(32)18-14(23(13)39-4)8-12-9-15-20(31(2)3)22(34)19(26(29)37)25(36)28(15,38)24(35)17(12)21(18)33/h10,12,15,17,19-20,30,32,38H,5-9,11H2,1-4H3,(H2,29,37)/t12-,15-,17?,19?,20-,28-/m0/s1. The van der Waals surface area contributed by atoms with Gasteiger partial charge in [-0.05, 0) is 65.1 Å². The molecule has 5 N–H and O–H groups in total. The number of fused-ring (bicyclic) bond motifs is 3. The number of nitrogens with zero attached hydrogens (tertiary/aromatic N) is 1. The van der Waals surface area contributed by atoms with E-state index in [0.717, 1.165) is 19.3 Å². The molecule has 3 fully saturated rings. The molecule has 3 saturated carbocycles. The van der Waals surface area contributed by atoms with Crippen LogP contribution in [-0.4, -0.2) is 82.5 Å². The van der Waals surface area contributed by atoms with Gasteiger partial charge in [0.15, 0.2) is 34.7 Å². The number of hydrogen-bond acceptors (Lipinski definition) is 10. The number of amides is 1. The predicted octanol–water partition coefficient (Wildman–Crippen LogP) is -0.0922. The summed E-state index contributed by atoms with van der Waals surface area (Å²) in [5.41, 5.74) is 3.66. The normalized spacial score (nSPS) is 33.2. The van der Waals surface area contributed by atoms with Crippen LogP contribution < -0.4 is 15.8 Å². The number of benzene rings is 1. The SMILES string of the molecule is COc1c(CNC2(C)CCC2)cc(O)c2c1C[C@H]1C[C@H]3[C@H](N(C)C)C(=O)C(C(N)=O)C(=O)[C@@]3(O)C(=O)C1C2=O. The quantitative estimate of drug-likeness (QED) is 0.356. The van der Waals surface area contributed by atoms with Gasteiger partial charge < -0.3 is 26.0 Å². The van der Waals surface area contributed by atoms with Crippen molar-refractivity contribution in [1.29, 1.82) is 0 Å². The smallest absolute Gasteiger partial charge is 0.235 e. The Morgan fingerprint density at radius 1 is 1.21 bits per heavy atom. The van der Waals surface area contributed by atoms with Gasteiger partial charge in [0.1, 0.15) is 11.5 Å². The van der Waals surface area contributed by atoms with Crippen LogP contribution in [0.2, 0.25) is 0 Å². The van der Waals surface area contributed by atoms with Crippen LogP contribution in [0.25, 0.3) is 0 Å². The lowest BCUT2D eigenvalue weighted by Gasteiger charge is -2.52. The first-order valence-electron chi connectivity index (χ1n) is 13.3. The number of rotatable bonds is 6. The highest BCUT2D eigenvalue weighted by Gasteiger charge is 2.69. The fourth-order valence-electron chi connectivity index (χ4n) is 7.29. The van der Waals surface area contributed by atoms with Gasteiger partial charge in [0.25, 0.3) is 0 Å². The van der Waals surface area contributed by atoms with Crippen LogP contribution >= 0.6 is 0 Å². The molecule has 2 unspecified atom stereocenters. The Hall–Kier alpha value is -3.15. The zero-order chi connectivity index (χ0) is 28.6. The van der Waals surface area contributed by atoms with Gasteiger partial charge in [-0.15, -0.1) is 0 Å². The van der Waals surface area contributed by atoms with E-state index in [0.29, 0.717) is 23.4 Å².